The third kappa shape index (κ3) is 17.2. The van der Waals surface area contributed by atoms with E-state index < -0.39 is 6.18 Å². The van der Waals surface area contributed by atoms with Gasteiger partial charge in [-0.15, -0.1) is 0 Å². The molecule has 6 nitrogen and oxygen atoms in total. The van der Waals surface area contributed by atoms with E-state index in [0.29, 0.717) is 18.7 Å². The monoisotopic (exact) mass is 518 g/mol. The van der Waals surface area contributed by atoms with Gasteiger partial charge in [0.1, 0.15) is 5.75 Å². The third-order valence-corrected chi connectivity index (χ3v) is 3.78. The number of carbonyl (C=O) groups excluding carboxylic acids is 1. The number of methoxy groups -OCH3 is 1. The Labute approximate surface area is 212 Å². The summed E-state index contributed by atoms with van der Waals surface area (Å²) in [7, 11) is 1.66. The first kappa shape index (κ1) is 34.2. The topological polar surface area (TPSA) is 80.0 Å². The number of anilines is 1. The molecule has 0 saturated carbocycles. The van der Waals surface area contributed by atoms with Crippen molar-refractivity contribution in [2.75, 3.05) is 18.7 Å². The molecule has 3 N–H and O–H groups in total. The Morgan fingerprint density at radius 3 is 2.17 bits per heavy atom. The highest BCUT2D eigenvalue weighted by Crippen LogP contribution is 2.27. The molecule has 35 heavy (non-hydrogen) atoms. The number of nitrogens with one attached hydrogen (secondary N) is 1. The second-order valence-electron chi connectivity index (χ2n) is 8.03. The number of amides is 1. The van der Waals surface area contributed by atoms with Crippen molar-refractivity contribution in [3.8, 4) is 5.75 Å². The second-order valence-corrected chi connectivity index (χ2v) is 8.63. The highest BCUT2D eigenvalue weighted by atomic mass is 35.5. The molecule has 10 heteroatoms. The minimum atomic E-state index is -4.27. The maximum Gasteiger partial charge on any atom is 0.410 e. The quantitative estimate of drug-likeness (QED) is 0.432. The fourth-order valence-corrected chi connectivity index (χ4v) is 2.32. The van der Waals surface area contributed by atoms with E-state index in [9.17, 15) is 18.0 Å². The number of allylic oxidation sites excluding steroid dienone is 4. The van der Waals surface area contributed by atoms with Gasteiger partial charge in [0.15, 0.2) is 0 Å². The molecule has 1 amide bonds. The van der Waals surface area contributed by atoms with Crippen LogP contribution in [0.4, 0.5) is 18.9 Å². The van der Waals surface area contributed by atoms with Gasteiger partial charge in [-0.2, -0.15) is 18.3 Å². The van der Waals surface area contributed by atoms with Crippen molar-refractivity contribution in [1.82, 2.24) is 5.32 Å². The van der Waals surface area contributed by atoms with E-state index in [1.54, 1.807) is 14.0 Å². The molecular weight excluding hydrogens is 481 g/mol. The predicted molar refractivity (Wildman–Crippen MR) is 141 cm³/mol. The first-order chi connectivity index (χ1) is 16.1. The number of ether oxygens (including phenoxy) is 1. The van der Waals surface area contributed by atoms with Gasteiger partial charge in [0.25, 0.3) is 0 Å². The number of benzene rings is 1. The van der Waals surface area contributed by atoms with E-state index in [4.69, 9.17) is 22.1 Å². The summed E-state index contributed by atoms with van der Waals surface area (Å²) in [4.78, 5) is 9.44. The Hall–Kier alpha value is -2.94. The van der Waals surface area contributed by atoms with Crippen LogP contribution >= 0.6 is 11.6 Å². The van der Waals surface area contributed by atoms with Crippen molar-refractivity contribution in [2.45, 2.75) is 54.6 Å². The van der Waals surface area contributed by atoms with Crippen molar-refractivity contribution in [3.63, 3.8) is 0 Å². The zero-order valence-corrected chi connectivity index (χ0v) is 22.5. The molecule has 1 aromatic rings. The number of rotatable bonds is 4. The van der Waals surface area contributed by atoms with E-state index in [1.807, 2.05) is 49.2 Å². The number of nitrogens with zero attached hydrogens (tertiary/aromatic N) is 2. The van der Waals surface area contributed by atoms with Gasteiger partial charge in [-0.25, -0.2) is 0 Å². The summed E-state index contributed by atoms with van der Waals surface area (Å²) in [5, 5.41) is 8.68. The molecular formula is C25H38ClF3N4O2. The first-order valence-corrected chi connectivity index (χ1v) is 11.2. The van der Waals surface area contributed by atoms with Crippen LogP contribution in [0.25, 0.3) is 0 Å². The average molecular weight is 519 g/mol. The Bertz CT molecular complexity index is 885. The third-order valence-electron chi connectivity index (χ3n) is 3.67. The average Bonchev–Trinajstić information content (AvgIpc) is 2.73. The minimum absolute atomic E-state index is 0.0256. The predicted octanol–water partition coefficient (Wildman–Crippen LogP) is 6.74. The molecule has 0 spiro atoms. The molecule has 0 aromatic heterocycles. The lowest BCUT2D eigenvalue weighted by Gasteiger charge is -2.29. The molecule has 0 unspecified atom stereocenters. The molecule has 1 heterocycles. The van der Waals surface area contributed by atoms with Crippen molar-refractivity contribution in [2.24, 2.45) is 16.3 Å². The molecule has 1 aromatic carbocycles. The smallest absolute Gasteiger partial charge is 0.410 e. The van der Waals surface area contributed by atoms with Crippen LogP contribution in [0, 0.1) is 5.41 Å². The summed E-state index contributed by atoms with van der Waals surface area (Å²) in [5.74, 6) is 0.818. The van der Waals surface area contributed by atoms with E-state index in [0.717, 1.165) is 22.8 Å². The standard InChI is InChI=1S/C15H21N3O.C4H4ClF3.C4H7NO.C2H6/c1-15(2,3)14-8-11(16)10-18(17-14)12-6-5-7-13(9-12)19-4;1-3(5)2-4(6,7)8;1-4(2)5-3-6;1-2/h5-9H,10,16H2,1-4H3;2H,1H3;3H,1H2,2H3,(H,5,6);1-2H3/b;3-2+;;. The zero-order chi connectivity index (χ0) is 27.8. The van der Waals surface area contributed by atoms with Gasteiger partial charge in [-0.1, -0.05) is 58.9 Å². The molecule has 0 aliphatic carbocycles. The SMILES string of the molecule is C/C(Cl)=C\C(F)(F)F.C=C(C)NC=O.CC.COc1cccc(N2CC(N)=CC(C(C)(C)C)=N2)c1. The fraction of sp³-hybridized carbons (Fsp3) is 0.440. The van der Waals surface area contributed by atoms with Crippen LogP contribution in [0.1, 0.15) is 48.5 Å². The van der Waals surface area contributed by atoms with Crippen molar-refractivity contribution in [1.29, 1.82) is 0 Å². The van der Waals surface area contributed by atoms with Crippen molar-refractivity contribution >= 4 is 29.4 Å². The number of hydrogen-bond acceptors (Lipinski definition) is 5. The van der Waals surface area contributed by atoms with Gasteiger partial charge in [0.05, 0.1) is 25.1 Å². The van der Waals surface area contributed by atoms with Gasteiger partial charge < -0.3 is 15.8 Å². The number of hydrazone groups is 1. The van der Waals surface area contributed by atoms with Crippen LogP contribution < -0.4 is 20.8 Å². The van der Waals surface area contributed by atoms with Gasteiger partial charge in [0, 0.05) is 34.0 Å². The lowest BCUT2D eigenvalue weighted by atomic mass is 9.89. The fourth-order valence-electron chi connectivity index (χ4n) is 2.20. The Balaban J connectivity index is 0. The van der Waals surface area contributed by atoms with Crippen LogP contribution in [-0.2, 0) is 4.79 Å². The maximum atomic E-state index is 11.1. The lowest BCUT2D eigenvalue weighted by Crippen LogP contribution is -2.33. The lowest BCUT2D eigenvalue weighted by molar-refractivity contribution is -0.108. The van der Waals surface area contributed by atoms with E-state index >= 15 is 0 Å². The highest BCUT2D eigenvalue weighted by Gasteiger charge is 2.23. The van der Waals surface area contributed by atoms with Gasteiger partial charge >= 0.3 is 6.18 Å². The van der Waals surface area contributed by atoms with E-state index in [2.05, 4.69) is 37.8 Å². The summed E-state index contributed by atoms with van der Waals surface area (Å²) in [6.07, 6.45) is -1.67. The van der Waals surface area contributed by atoms with Crippen LogP contribution in [0.2, 0.25) is 0 Å². The number of halogens is 4. The molecule has 198 valence electrons. The molecule has 1 aliphatic heterocycles. The summed E-state index contributed by atoms with van der Waals surface area (Å²) in [6.45, 7) is 17.3. The largest absolute Gasteiger partial charge is 0.497 e. The van der Waals surface area contributed by atoms with Crippen LogP contribution in [-0.4, -0.2) is 32.0 Å². The number of carbonyl (C=O) groups is 1. The minimum Gasteiger partial charge on any atom is -0.497 e. The van der Waals surface area contributed by atoms with Crippen LogP contribution in [0.15, 0.2) is 64.5 Å². The molecule has 0 radical (unpaired) electrons. The summed E-state index contributed by atoms with van der Waals surface area (Å²) in [6, 6.07) is 7.84. The zero-order valence-electron chi connectivity index (χ0n) is 21.8. The normalized spacial score (nSPS) is 13.3. The first-order valence-electron chi connectivity index (χ1n) is 10.8. The van der Waals surface area contributed by atoms with Gasteiger partial charge in [0.2, 0.25) is 6.41 Å². The molecule has 0 saturated heterocycles. The molecule has 2 rings (SSSR count). The molecule has 0 bridgehead atoms. The summed E-state index contributed by atoms with van der Waals surface area (Å²) in [5.41, 5.74) is 9.46. The van der Waals surface area contributed by atoms with Crippen LogP contribution in [0.5, 0.6) is 5.75 Å². The maximum absolute atomic E-state index is 11.1. The van der Waals surface area contributed by atoms with Crippen molar-refractivity contribution in [3.05, 3.63) is 59.4 Å². The number of hydrogen-bond donors (Lipinski definition) is 2. The summed E-state index contributed by atoms with van der Waals surface area (Å²) >= 11 is 4.90. The summed E-state index contributed by atoms with van der Waals surface area (Å²) < 4.78 is 38.7. The molecule has 0 atom stereocenters. The highest BCUT2D eigenvalue weighted by molar-refractivity contribution is 6.29. The Morgan fingerprint density at radius 1 is 1.26 bits per heavy atom. The number of alkyl halides is 3. The van der Waals surface area contributed by atoms with Gasteiger partial charge in [-0.3, -0.25) is 9.80 Å². The molecule has 0 fully saturated rings. The van der Waals surface area contributed by atoms with E-state index in [1.165, 1.54) is 6.92 Å². The Morgan fingerprint density at radius 2 is 1.83 bits per heavy atom. The van der Waals surface area contributed by atoms with Crippen LogP contribution in [0.3, 0.4) is 0 Å². The second kappa shape index (κ2) is 16.6. The van der Waals surface area contributed by atoms with E-state index in [-0.39, 0.29) is 16.5 Å². The van der Waals surface area contributed by atoms with Crippen molar-refractivity contribution < 1.29 is 22.7 Å². The Kier molecular flexibility index (Phi) is 16.3. The van der Waals surface area contributed by atoms with Gasteiger partial charge in [-0.05, 0) is 32.1 Å². The number of nitrogens with two attached hydrogens (primary N) is 1. The molecule has 1 aliphatic rings.